The maximum Gasteiger partial charge on any atom is 0.0250 e. The first-order chi connectivity index (χ1) is 8.85. The fourth-order valence-electron chi connectivity index (χ4n) is 3.70. The van der Waals surface area contributed by atoms with Gasteiger partial charge in [-0.1, -0.05) is 26.2 Å². The van der Waals surface area contributed by atoms with E-state index in [0.717, 1.165) is 12.1 Å². The van der Waals surface area contributed by atoms with Crippen molar-refractivity contribution in [3.63, 3.8) is 0 Å². The quantitative estimate of drug-likeness (QED) is 0.773. The molecule has 1 aliphatic carbocycles. The molecule has 1 heterocycles. The van der Waals surface area contributed by atoms with Gasteiger partial charge in [0, 0.05) is 38.3 Å². The maximum atomic E-state index is 3.57. The van der Waals surface area contributed by atoms with Crippen molar-refractivity contribution in [3.8, 4) is 0 Å². The molecule has 0 aromatic heterocycles. The molecule has 2 rings (SSSR count). The normalized spacial score (nSPS) is 32.3. The Hall–Kier alpha value is -0.120. The van der Waals surface area contributed by atoms with Gasteiger partial charge in [0.25, 0.3) is 0 Å². The van der Waals surface area contributed by atoms with Crippen molar-refractivity contribution in [2.24, 2.45) is 0 Å². The van der Waals surface area contributed by atoms with Crippen LogP contribution in [0.25, 0.3) is 0 Å². The molecule has 106 valence electrons. The van der Waals surface area contributed by atoms with Crippen molar-refractivity contribution >= 4 is 0 Å². The molecule has 0 radical (unpaired) electrons. The van der Waals surface area contributed by atoms with Gasteiger partial charge in [-0.3, -0.25) is 4.90 Å². The topological polar surface area (TPSA) is 18.5 Å². The van der Waals surface area contributed by atoms with E-state index in [1.807, 2.05) is 0 Å². The van der Waals surface area contributed by atoms with Gasteiger partial charge in [0.1, 0.15) is 0 Å². The van der Waals surface area contributed by atoms with Crippen LogP contribution in [-0.4, -0.2) is 61.7 Å². The van der Waals surface area contributed by atoms with Crippen LogP contribution in [0.3, 0.4) is 0 Å². The third-order valence-corrected chi connectivity index (χ3v) is 4.77. The fraction of sp³-hybridized carbons (Fsp3) is 1.00. The van der Waals surface area contributed by atoms with Gasteiger partial charge < -0.3 is 10.2 Å². The summed E-state index contributed by atoms with van der Waals surface area (Å²) < 4.78 is 0. The van der Waals surface area contributed by atoms with Crippen LogP contribution in [-0.2, 0) is 0 Å². The standard InChI is InChI=1S/C15H31N3/c1-3-9-17-10-12-18(13-11-17)15-8-6-4-5-7-14(15)16-2/h14-16H,3-13H2,1-2H3. The lowest BCUT2D eigenvalue weighted by Crippen LogP contribution is -2.55. The molecule has 1 N–H and O–H groups in total. The first kappa shape index (κ1) is 14.3. The molecule has 0 amide bonds. The van der Waals surface area contributed by atoms with Crippen molar-refractivity contribution in [1.29, 1.82) is 0 Å². The molecule has 18 heavy (non-hydrogen) atoms. The summed E-state index contributed by atoms with van der Waals surface area (Å²) in [6.07, 6.45) is 8.35. The zero-order valence-corrected chi connectivity index (χ0v) is 12.3. The van der Waals surface area contributed by atoms with Crippen LogP contribution in [0.15, 0.2) is 0 Å². The van der Waals surface area contributed by atoms with Crippen molar-refractivity contribution in [2.45, 2.75) is 57.5 Å². The molecule has 1 saturated carbocycles. The number of hydrogen-bond donors (Lipinski definition) is 1. The molecule has 0 bridgehead atoms. The van der Waals surface area contributed by atoms with E-state index in [-0.39, 0.29) is 0 Å². The predicted octanol–water partition coefficient (Wildman–Crippen LogP) is 1.93. The molecule has 3 nitrogen and oxygen atoms in total. The summed E-state index contributed by atoms with van der Waals surface area (Å²) in [5.41, 5.74) is 0. The van der Waals surface area contributed by atoms with E-state index in [1.165, 1.54) is 71.2 Å². The monoisotopic (exact) mass is 253 g/mol. The summed E-state index contributed by atoms with van der Waals surface area (Å²) in [5, 5.41) is 3.57. The number of likely N-dealkylation sites (N-methyl/N-ethyl adjacent to an activating group) is 1. The van der Waals surface area contributed by atoms with Gasteiger partial charge in [-0.25, -0.2) is 0 Å². The van der Waals surface area contributed by atoms with E-state index < -0.39 is 0 Å². The van der Waals surface area contributed by atoms with Crippen molar-refractivity contribution in [2.75, 3.05) is 39.8 Å². The van der Waals surface area contributed by atoms with Gasteiger partial charge in [0.2, 0.25) is 0 Å². The van der Waals surface area contributed by atoms with Crippen LogP contribution in [0.2, 0.25) is 0 Å². The molecule has 3 heteroatoms. The Balaban J connectivity index is 1.86. The second kappa shape index (κ2) is 7.46. The van der Waals surface area contributed by atoms with Gasteiger partial charge in [-0.2, -0.15) is 0 Å². The highest BCUT2D eigenvalue weighted by Crippen LogP contribution is 2.23. The van der Waals surface area contributed by atoms with E-state index in [2.05, 4.69) is 29.1 Å². The Morgan fingerprint density at radius 2 is 1.72 bits per heavy atom. The summed E-state index contributed by atoms with van der Waals surface area (Å²) >= 11 is 0. The van der Waals surface area contributed by atoms with Crippen molar-refractivity contribution in [3.05, 3.63) is 0 Å². The van der Waals surface area contributed by atoms with Gasteiger partial charge in [0.15, 0.2) is 0 Å². The minimum atomic E-state index is 0.727. The Morgan fingerprint density at radius 3 is 2.39 bits per heavy atom. The molecule has 0 spiro atoms. The van der Waals surface area contributed by atoms with E-state index in [0.29, 0.717) is 0 Å². The molecule has 2 fully saturated rings. The number of hydrogen-bond acceptors (Lipinski definition) is 3. The minimum Gasteiger partial charge on any atom is -0.315 e. The Morgan fingerprint density at radius 1 is 1.00 bits per heavy atom. The van der Waals surface area contributed by atoms with Crippen molar-refractivity contribution in [1.82, 2.24) is 15.1 Å². The van der Waals surface area contributed by atoms with Gasteiger partial charge in [0.05, 0.1) is 0 Å². The lowest BCUT2D eigenvalue weighted by atomic mass is 10.0. The molecule has 0 aromatic carbocycles. The molecule has 0 aromatic rings. The predicted molar refractivity (Wildman–Crippen MR) is 78.0 cm³/mol. The van der Waals surface area contributed by atoms with Gasteiger partial charge >= 0.3 is 0 Å². The largest absolute Gasteiger partial charge is 0.315 e. The zero-order chi connectivity index (χ0) is 12.8. The Labute approximate surface area is 113 Å². The van der Waals surface area contributed by atoms with Crippen molar-refractivity contribution < 1.29 is 0 Å². The summed E-state index contributed by atoms with van der Waals surface area (Å²) in [7, 11) is 2.15. The summed E-state index contributed by atoms with van der Waals surface area (Å²) in [4.78, 5) is 5.39. The highest BCUT2D eigenvalue weighted by atomic mass is 15.3. The molecule has 2 atom stereocenters. The first-order valence-electron chi connectivity index (χ1n) is 7.98. The lowest BCUT2D eigenvalue weighted by Gasteiger charge is -2.42. The Kier molecular flexibility index (Phi) is 5.93. The molecular formula is C15H31N3. The molecule has 1 aliphatic heterocycles. The SMILES string of the molecule is CCCN1CCN(C2CCCCCC2NC)CC1. The van der Waals surface area contributed by atoms with Crippen LogP contribution in [0.5, 0.6) is 0 Å². The Bertz CT molecular complexity index is 224. The summed E-state index contributed by atoms with van der Waals surface area (Å²) in [5.74, 6) is 0. The summed E-state index contributed by atoms with van der Waals surface area (Å²) in [6.45, 7) is 8.69. The van der Waals surface area contributed by atoms with Crippen LogP contribution in [0.1, 0.15) is 45.4 Å². The third kappa shape index (κ3) is 3.69. The number of rotatable bonds is 4. The van der Waals surface area contributed by atoms with Crippen LogP contribution >= 0.6 is 0 Å². The maximum absolute atomic E-state index is 3.57. The number of piperazine rings is 1. The molecule has 1 saturated heterocycles. The molecule has 2 unspecified atom stereocenters. The van der Waals surface area contributed by atoms with E-state index in [9.17, 15) is 0 Å². The zero-order valence-electron chi connectivity index (χ0n) is 12.3. The smallest absolute Gasteiger partial charge is 0.0250 e. The molecule has 2 aliphatic rings. The average Bonchev–Trinajstić information content (AvgIpc) is 2.65. The highest BCUT2D eigenvalue weighted by molar-refractivity contribution is 4.88. The van der Waals surface area contributed by atoms with Gasteiger partial charge in [-0.15, -0.1) is 0 Å². The van der Waals surface area contributed by atoms with E-state index in [4.69, 9.17) is 0 Å². The van der Waals surface area contributed by atoms with Crippen LogP contribution in [0.4, 0.5) is 0 Å². The second-order valence-electron chi connectivity index (χ2n) is 5.98. The number of nitrogens with zero attached hydrogens (tertiary/aromatic N) is 2. The van der Waals surface area contributed by atoms with Crippen LogP contribution in [0, 0.1) is 0 Å². The lowest BCUT2D eigenvalue weighted by molar-refractivity contribution is 0.0762. The minimum absolute atomic E-state index is 0.727. The number of nitrogens with one attached hydrogen (secondary N) is 1. The summed E-state index contributed by atoms with van der Waals surface area (Å²) in [6, 6.07) is 1.52. The first-order valence-corrected chi connectivity index (χ1v) is 7.98. The second-order valence-corrected chi connectivity index (χ2v) is 5.98. The van der Waals surface area contributed by atoms with Gasteiger partial charge in [-0.05, 0) is 32.9 Å². The van der Waals surface area contributed by atoms with Crippen LogP contribution < -0.4 is 5.32 Å². The highest BCUT2D eigenvalue weighted by Gasteiger charge is 2.29. The van der Waals surface area contributed by atoms with E-state index in [1.54, 1.807) is 0 Å². The third-order valence-electron chi connectivity index (χ3n) is 4.77. The fourth-order valence-corrected chi connectivity index (χ4v) is 3.70. The van der Waals surface area contributed by atoms with E-state index >= 15 is 0 Å². The average molecular weight is 253 g/mol. The molecular weight excluding hydrogens is 222 g/mol.